The van der Waals surface area contributed by atoms with Gasteiger partial charge in [-0.05, 0) is 19.3 Å². The fraction of sp³-hybridized carbons (Fsp3) is 0.857. The van der Waals surface area contributed by atoms with E-state index in [4.69, 9.17) is 16.0 Å². The molecule has 0 rings (SSSR count). The Labute approximate surface area is 88.9 Å². The third-order valence-electron chi connectivity index (χ3n) is 1.81. The van der Waals surface area contributed by atoms with Gasteiger partial charge in [-0.3, -0.25) is 9.35 Å². The maximum absolute atomic E-state index is 10.7. The highest BCUT2D eigenvalue weighted by atomic mass is 32.2. The lowest BCUT2D eigenvalue weighted by Gasteiger charge is -2.07. The van der Waals surface area contributed by atoms with Gasteiger partial charge in [-0.1, -0.05) is 0 Å². The van der Waals surface area contributed by atoms with Crippen molar-refractivity contribution in [1.82, 2.24) is 5.32 Å². The van der Waals surface area contributed by atoms with E-state index in [0.717, 1.165) is 0 Å². The number of carbonyl (C=O) groups is 1. The van der Waals surface area contributed by atoms with E-state index in [-0.39, 0.29) is 18.9 Å². The van der Waals surface area contributed by atoms with Crippen LogP contribution in [0.25, 0.3) is 0 Å². The number of rotatable bonds is 7. The standard InChI is InChI=1S/C7H17N3O4S/c8-5-7(11)10-4-2-1-3-6(9)15(12,13)14/h6H,1-5,8-9H2,(H,10,11)(H,12,13,14). The van der Waals surface area contributed by atoms with Crippen molar-refractivity contribution in [2.45, 2.75) is 24.6 Å². The minimum atomic E-state index is -4.14. The van der Waals surface area contributed by atoms with E-state index in [1.54, 1.807) is 0 Å². The molecule has 1 atom stereocenters. The van der Waals surface area contributed by atoms with Crippen LogP contribution in [0.1, 0.15) is 19.3 Å². The van der Waals surface area contributed by atoms with Gasteiger partial charge in [0.15, 0.2) is 0 Å². The van der Waals surface area contributed by atoms with Crippen LogP contribution in [0.3, 0.4) is 0 Å². The third kappa shape index (κ3) is 7.25. The van der Waals surface area contributed by atoms with Crippen LogP contribution >= 0.6 is 0 Å². The summed E-state index contributed by atoms with van der Waals surface area (Å²) >= 11 is 0. The zero-order valence-corrected chi connectivity index (χ0v) is 9.16. The van der Waals surface area contributed by atoms with E-state index >= 15 is 0 Å². The summed E-state index contributed by atoms with van der Waals surface area (Å²) in [6.45, 7) is 0.360. The lowest BCUT2D eigenvalue weighted by atomic mass is 10.2. The average Bonchev–Trinajstić information content (AvgIpc) is 2.15. The zero-order valence-electron chi connectivity index (χ0n) is 8.35. The summed E-state index contributed by atoms with van der Waals surface area (Å²) < 4.78 is 29.5. The number of nitrogens with two attached hydrogens (primary N) is 2. The van der Waals surface area contributed by atoms with Gasteiger partial charge in [-0.15, -0.1) is 0 Å². The number of amides is 1. The molecular formula is C7H17N3O4S. The van der Waals surface area contributed by atoms with Gasteiger partial charge in [0, 0.05) is 6.54 Å². The Balaban J connectivity index is 3.52. The molecule has 0 heterocycles. The molecule has 0 saturated heterocycles. The fourth-order valence-electron chi connectivity index (χ4n) is 0.919. The largest absolute Gasteiger partial charge is 0.355 e. The van der Waals surface area contributed by atoms with Crippen molar-refractivity contribution in [2.24, 2.45) is 11.5 Å². The quantitative estimate of drug-likeness (QED) is 0.312. The normalized spacial score (nSPS) is 13.5. The van der Waals surface area contributed by atoms with Crippen LogP contribution < -0.4 is 16.8 Å². The number of unbranched alkanes of at least 4 members (excludes halogenated alkanes) is 1. The zero-order chi connectivity index (χ0) is 11.9. The molecule has 0 radical (unpaired) electrons. The summed E-state index contributed by atoms with van der Waals surface area (Å²) in [5.74, 6) is -0.255. The summed E-state index contributed by atoms with van der Waals surface area (Å²) in [6.07, 6.45) is 1.26. The highest BCUT2D eigenvalue weighted by Gasteiger charge is 2.16. The summed E-state index contributed by atoms with van der Waals surface area (Å²) in [5, 5.41) is 1.28. The Kier molecular flexibility index (Phi) is 6.41. The molecular weight excluding hydrogens is 222 g/mol. The van der Waals surface area contributed by atoms with E-state index < -0.39 is 15.5 Å². The number of carbonyl (C=O) groups excluding carboxylic acids is 1. The van der Waals surface area contributed by atoms with E-state index in [0.29, 0.717) is 19.4 Å². The highest BCUT2D eigenvalue weighted by molar-refractivity contribution is 7.86. The van der Waals surface area contributed by atoms with E-state index in [9.17, 15) is 13.2 Å². The summed E-state index contributed by atoms with van der Waals surface area (Å²) in [5.41, 5.74) is 10.2. The van der Waals surface area contributed by atoms with Gasteiger partial charge >= 0.3 is 0 Å². The van der Waals surface area contributed by atoms with Gasteiger partial charge in [-0.2, -0.15) is 8.42 Å². The Morgan fingerprint density at radius 2 is 2.00 bits per heavy atom. The third-order valence-corrected chi connectivity index (χ3v) is 2.81. The second-order valence-corrected chi connectivity index (χ2v) is 4.74. The van der Waals surface area contributed by atoms with Crippen molar-refractivity contribution in [1.29, 1.82) is 0 Å². The Bertz CT molecular complexity index is 291. The molecule has 0 bridgehead atoms. The second-order valence-electron chi connectivity index (χ2n) is 3.10. The maximum Gasteiger partial charge on any atom is 0.280 e. The molecule has 8 heteroatoms. The molecule has 0 aromatic carbocycles. The van der Waals surface area contributed by atoms with Crippen molar-refractivity contribution in [3.05, 3.63) is 0 Å². The molecule has 0 aromatic heterocycles. The Hall–Kier alpha value is -0.700. The predicted octanol–water partition coefficient (Wildman–Crippen LogP) is -1.60. The van der Waals surface area contributed by atoms with Crippen LogP contribution in [-0.4, -0.2) is 37.3 Å². The van der Waals surface area contributed by atoms with Gasteiger partial charge in [0.2, 0.25) is 5.91 Å². The van der Waals surface area contributed by atoms with Crippen molar-refractivity contribution in [2.75, 3.05) is 13.1 Å². The second kappa shape index (κ2) is 6.72. The maximum atomic E-state index is 10.7. The lowest BCUT2D eigenvalue weighted by Crippen LogP contribution is -2.32. The number of nitrogens with one attached hydrogen (secondary N) is 1. The van der Waals surface area contributed by atoms with Crippen LogP contribution in [0.4, 0.5) is 0 Å². The number of hydrogen-bond donors (Lipinski definition) is 4. The number of hydrogen-bond acceptors (Lipinski definition) is 5. The molecule has 0 fully saturated rings. The first-order chi connectivity index (χ1) is 6.88. The monoisotopic (exact) mass is 239 g/mol. The highest BCUT2D eigenvalue weighted by Crippen LogP contribution is 2.02. The predicted molar refractivity (Wildman–Crippen MR) is 55.4 cm³/mol. The van der Waals surface area contributed by atoms with Crippen LogP contribution in [0.5, 0.6) is 0 Å². The molecule has 0 aromatic rings. The van der Waals surface area contributed by atoms with E-state index in [1.807, 2.05) is 0 Å². The molecule has 6 N–H and O–H groups in total. The minimum absolute atomic E-state index is 0.0649. The molecule has 90 valence electrons. The fourth-order valence-corrected chi connectivity index (χ4v) is 1.38. The molecule has 0 aliphatic rings. The SMILES string of the molecule is NCC(=O)NCCCCC(N)S(=O)(=O)O. The molecule has 15 heavy (non-hydrogen) atoms. The van der Waals surface area contributed by atoms with Gasteiger partial charge < -0.3 is 16.8 Å². The molecule has 0 saturated carbocycles. The topological polar surface area (TPSA) is 136 Å². The lowest BCUT2D eigenvalue weighted by molar-refractivity contribution is -0.119. The minimum Gasteiger partial charge on any atom is -0.355 e. The molecule has 7 nitrogen and oxygen atoms in total. The van der Waals surface area contributed by atoms with Crippen molar-refractivity contribution < 1.29 is 17.8 Å². The van der Waals surface area contributed by atoms with Gasteiger partial charge in [0.1, 0.15) is 5.37 Å². The smallest absolute Gasteiger partial charge is 0.280 e. The average molecular weight is 239 g/mol. The van der Waals surface area contributed by atoms with Crippen LogP contribution in [-0.2, 0) is 14.9 Å². The van der Waals surface area contributed by atoms with Gasteiger partial charge in [0.25, 0.3) is 10.1 Å². The van der Waals surface area contributed by atoms with Gasteiger partial charge in [-0.25, -0.2) is 0 Å². The molecule has 0 spiro atoms. The van der Waals surface area contributed by atoms with E-state index in [2.05, 4.69) is 5.32 Å². The van der Waals surface area contributed by atoms with Crippen molar-refractivity contribution in [3.8, 4) is 0 Å². The summed E-state index contributed by atoms with van der Waals surface area (Å²) in [6, 6.07) is 0. The first kappa shape index (κ1) is 14.3. The van der Waals surface area contributed by atoms with Crippen LogP contribution in [0.2, 0.25) is 0 Å². The van der Waals surface area contributed by atoms with Crippen LogP contribution in [0, 0.1) is 0 Å². The molecule has 0 aliphatic carbocycles. The van der Waals surface area contributed by atoms with Crippen molar-refractivity contribution in [3.63, 3.8) is 0 Å². The Morgan fingerprint density at radius 1 is 1.40 bits per heavy atom. The molecule has 1 unspecified atom stereocenters. The first-order valence-corrected chi connectivity index (χ1v) is 6.07. The van der Waals surface area contributed by atoms with Gasteiger partial charge in [0.05, 0.1) is 6.54 Å². The summed E-state index contributed by atoms with van der Waals surface area (Å²) in [7, 11) is -4.14. The van der Waals surface area contributed by atoms with Crippen LogP contribution in [0.15, 0.2) is 0 Å². The molecule has 1 amide bonds. The Morgan fingerprint density at radius 3 is 2.47 bits per heavy atom. The van der Waals surface area contributed by atoms with E-state index in [1.165, 1.54) is 0 Å². The summed E-state index contributed by atoms with van der Waals surface area (Å²) in [4.78, 5) is 10.7. The molecule has 0 aliphatic heterocycles. The first-order valence-electron chi connectivity index (χ1n) is 4.56. The van der Waals surface area contributed by atoms with Crippen molar-refractivity contribution >= 4 is 16.0 Å².